The zero-order valence-electron chi connectivity index (χ0n) is 14.3. The number of amides is 1. The van der Waals surface area contributed by atoms with Gasteiger partial charge in [0.1, 0.15) is 11.4 Å². The quantitative estimate of drug-likeness (QED) is 0.751. The number of aryl methyl sites for hydroxylation is 1. The molecule has 0 saturated heterocycles. The Kier molecular flexibility index (Phi) is 5.09. The van der Waals surface area contributed by atoms with Crippen molar-refractivity contribution in [3.63, 3.8) is 0 Å². The van der Waals surface area contributed by atoms with E-state index in [1.165, 1.54) is 0 Å². The fraction of sp³-hybridized carbons (Fsp3) is 0.211. The van der Waals surface area contributed by atoms with E-state index in [4.69, 9.17) is 4.74 Å². The lowest BCUT2D eigenvalue weighted by Gasteiger charge is -2.05. The number of rotatable bonds is 6. The zero-order valence-corrected chi connectivity index (χ0v) is 14.3. The normalized spacial score (nSPS) is 10.5. The first-order chi connectivity index (χ1) is 12.2. The van der Waals surface area contributed by atoms with Crippen molar-refractivity contribution in [2.75, 3.05) is 13.7 Å². The number of hydrogen-bond donors (Lipinski definition) is 1. The summed E-state index contributed by atoms with van der Waals surface area (Å²) in [5.41, 5.74) is 3.30. The first kappa shape index (κ1) is 16.7. The maximum absolute atomic E-state index is 12.4. The number of pyridine rings is 1. The minimum absolute atomic E-state index is 0.141. The van der Waals surface area contributed by atoms with Crippen LogP contribution < -0.4 is 10.1 Å². The first-order valence-electron chi connectivity index (χ1n) is 8.03. The molecule has 0 atom stereocenters. The molecule has 0 aliphatic carbocycles. The molecule has 2 heterocycles. The lowest BCUT2D eigenvalue weighted by Crippen LogP contribution is -2.27. The first-order valence-corrected chi connectivity index (χ1v) is 8.03. The van der Waals surface area contributed by atoms with Gasteiger partial charge in [-0.05, 0) is 42.3 Å². The minimum Gasteiger partial charge on any atom is -0.497 e. The van der Waals surface area contributed by atoms with Crippen LogP contribution in [0.5, 0.6) is 5.75 Å². The van der Waals surface area contributed by atoms with E-state index in [-0.39, 0.29) is 5.91 Å². The van der Waals surface area contributed by atoms with E-state index in [1.54, 1.807) is 37.3 Å². The third-order valence-electron chi connectivity index (χ3n) is 3.93. The van der Waals surface area contributed by atoms with Gasteiger partial charge in [-0.3, -0.25) is 14.5 Å². The van der Waals surface area contributed by atoms with Crippen LogP contribution in [0.15, 0.2) is 54.9 Å². The summed E-state index contributed by atoms with van der Waals surface area (Å²) in [6.45, 7) is 0.558. The lowest BCUT2D eigenvalue weighted by atomic mass is 10.1. The van der Waals surface area contributed by atoms with Gasteiger partial charge in [-0.2, -0.15) is 5.10 Å². The van der Waals surface area contributed by atoms with Gasteiger partial charge in [0.25, 0.3) is 5.91 Å². The Balaban J connectivity index is 1.68. The van der Waals surface area contributed by atoms with E-state index in [2.05, 4.69) is 15.4 Å². The van der Waals surface area contributed by atoms with Gasteiger partial charge in [0, 0.05) is 31.5 Å². The molecule has 1 amide bonds. The summed E-state index contributed by atoms with van der Waals surface area (Å²) >= 11 is 0. The van der Waals surface area contributed by atoms with Crippen LogP contribution in [0.1, 0.15) is 16.1 Å². The van der Waals surface area contributed by atoms with Gasteiger partial charge in [0.05, 0.1) is 12.8 Å². The molecule has 25 heavy (non-hydrogen) atoms. The Morgan fingerprint density at radius 3 is 2.76 bits per heavy atom. The fourth-order valence-electron chi connectivity index (χ4n) is 2.56. The van der Waals surface area contributed by atoms with E-state index in [9.17, 15) is 4.79 Å². The number of benzene rings is 1. The van der Waals surface area contributed by atoms with Crippen molar-refractivity contribution in [1.29, 1.82) is 0 Å². The molecule has 0 aliphatic rings. The summed E-state index contributed by atoms with van der Waals surface area (Å²) < 4.78 is 6.83. The van der Waals surface area contributed by atoms with E-state index in [0.717, 1.165) is 29.0 Å². The zero-order chi connectivity index (χ0) is 17.6. The smallest absolute Gasteiger partial charge is 0.269 e. The molecule has 3 aromatic rings. The molecule has 0 fully saturated rings. The summed E-state index contributed by atoms with van der Waals surface area (Å²) in [7, 11) is 3.39. The van der Waals surface area contributed by atoms with Crippen molar-refractivity contribution in [2.24, 2.45) is 7.05 Å². The topological polar surface area (TPSA) is 69.0 Å². The van der Waals surface area contributed by atoms with Crippen LogP contribution in [0.2, 0.25) is 0 Å². The summed E-state index contributed by atoms with van der Waals surface area (Å²) in [5, 5.41) is 7.37. The average molecular weight is 336 g/mol. The highest BCUT2D eigenvalue weighted by Crippen LogP contribution is 2.23. The third-order valence-corrected chi connectivity index (χ3v) is 3.93. The van der Waals surface area contributed by atoms with Gasteiger partial charge < -0.3 is 10.1 Å². The van der Waals surface area contributed by atoms with Gasteiger partial charge in [-0.15, -0.1) is 0 Å². The van der Waals surface area contributed by atoms with Crippen molar-refractivity contribution >= 4 is 5.91 Å². The van der Waals surface area contributed by atoms with Crippen LogP contribution in [0.25, 0.3) is 11.3 Å². The van der Waals surface area contributed by atoms with Crippen LogP contribution in [0, 0.1) is 0 Å². The molecule has 1 aromatic carbocycles. The van der Waals surface area contributed by atoms with Crippen molar-refractivity contribution < 1.29 is 9.53 Å². The van der Waals surface area contributed by atoms with E-state index in [0.29, 0.717) is 12.2 Å². The molecule has 6 heteroatoms. The number of carbonyl (C=O) groups is 1. The number of nitrogens with one attached hydrogen (secondary N) is 1. The molecule has 0 bridgehead atoms. The molecule has 6 nitrogen and oxygen atoms in total. The fourth-order valence-corrected chi connectivity index (χ4v) is 2.56. The molecule has 0 aliphatic heterocycles. The van der Waals surface area contributed by atoms with Crippen molar-refractivity contribution in [1.82, 2.24) is 20.1 Å². The molecular formula is C19H20N4O2. The maximum atomic E-state index is 12.4. The van der Waals surface area contributed by atoms with Crippen LogP contribution in [-0.4, -0.2) is 34.3 Å². The number of hydrogen-bond acceptors (Lipinski definition) is 4. The second-order valence-corrected chi connectivity index (χ2v) is 5.63. The van der Waals surface area contributed by atoms with Crippen molar-refractivity contribution in [3.8, 4) is 17.0 Å². The molecule has 2 aromatic heterocycles. The highest BCUT2D eigenvalue weighted by atomic mass is 16.5. The molecule has 0 saturated carbocycles. The van der Waals surface area contributed by atoms with Gasteiger partial charge in [-0.1, -0.05) is 12.1 Å². The monoisotopic (exact) mass is 336 g/mol. The molecule has 1 N–H and O–H groups in total. The SMILES string of the molecule is COc1cccc(-c2cc(C(=O)NCCc3ccncc3)n(C)n2)c1. The van der Waals surface area contributed by atoms with Gasteiger partial charge >= 0.3 is 0 Å². The predicted octanol–water partition coefficient (Wildman–Crippen LogP) is 2.46. The van der Waals surface area contributed by atoms with Gasteiger partial charge in [0.2, 0.25) is 0 Å². The lowest BCUT2D eigenvalue weighted by molar-refractivity contribution is 0.0944. The van der Waals surface area contributed by atoms with Crippen molar-refractivity contribution in [2.45, 2.75) is 6.42 Å². The van der Waals surface area contributed by atoms with E-state index in [1.807, 2.05) is 36.4 Å². The minimum atomic E-state index is -0.141. The Morgan fingerprint density at radius 2 is 2.00 bits per heavy atom. The number of ether oxygens (including phenoxy) is 1. The summed E-state index contributed by atoms with van der Waals surface area (Å²) in [6.07, 6.45) is 4.26. The van der Waals surface area contributed by atoms with Gasteiger partial charge in [-0.25, -0.2) is 0 Å². The summed E-state index contributed by atoms with van der Waals surface area (Å²) in [5.74, 6) is 0.615. The number of aromatic nitrogens is 3. The highest BCUT2D eigenvalue weighted by molar-refractivity contribution is 5.93. The molecule has 0 radical (unpaired) electrons. The van der Waals surface area contributed by atoms with Crippen LogP contribution in [-0.2, 0) is 13.5 Å². The average Bonchev–Trinajstić information content (AvgIpc) is 3.04. The largest absolute Gasteiger partial charge is 0.497 e. The Bertz CT molecular complexity index is 859. The Labute approximate surface area is 146 Å². The molecule has 0 unspecified atom stereocenters. The standard InChI is InChI=1S/C19H20N4O2/c1-23-18(19(24)21-11-8-14-6-9-20-10-7-14)13-17(22-23)15-4-3-5-16(12-15)25-2/h3-7,9-10,12-13H,8,11H2,1-2H3,(H,21,24). The maximum Gasteiger partial charge on any atom is 0.269 e. The van der Waals surface area contributed by atoms with Gasteiger partial charge in [0.15, 0.2) is 0 Å². The van der Waals surface area contributed by atoms with E-state index < -0.39 is 0 Å². The molecule has 128 valence electrons. The predicted molar refractivity (Wildman–Crippen MR) is 95.5 cm³/mol. The Hall–Kier alpha value is -3.15. The third kappa shape index (κ3) is 4.03. The van der Waals surface area contributed by atoms with E-state index >= 15 is 0 Å². The molecule has 3 rings (SSSR count). The van der Waals surface area contributed by atoms with Crippen LogP contribution in [0.4, 0.5) is 0 Å². The Morgan fingerprint density at radius 1 is 1.20 bits per heavy atom. The molecule has 0 spiro atoms. The number of methoxy groups -OCH3 is 1. The molecular weight excluding hydrogens is 316 g/mol. The summed E-state index contributed by atoms with van der Waals surface area (Å²) in [4.78, 5) is 16.4. The van der Waals surface area contributed by atoms with Crippen LogP contribution in [0.3, 0.4) is 0 Å². The number of nitrogens with zero attached hydrogens (tertiary/aromatic N) is 3. The van der Waals surface area contributed by atoms with Crippen molar-refractivity contribution in [3.05, 3.63) is 66.1 Å². The number of carbonyl (C=O) groups excluding carboxylic acids is 1. The van der Waals surface area contributed by atoms with Crippen LogP contribution >= 0.6 is 0 Å². The second kappa shape index (κ2) is 7.61. The summed E-state index contributed by atoms with van der Waals surface area (Å²) in [6, 6.07) is 13.3. The second-order valence-electron chi connectivity index (χ2n) is 5.63. The highest BCUT2D eigenvalue weighted by Gasteiger charge is 2.14.